The van der Waals surface area contributed by atoms with Crippen LogP contribution in [0.1, 0.15) is 39.1 Å². The van der Waals surface area contributed by atoms with Gasteiger partial charge >= 0.3 is 10.1 Å². The number of anilines is 7. The first-order valence-corrected chi connectivity index (χ1v) is 21.3. The summed E-state index contributed by atoms with van der Waals surface area (Å²) in [6, 6.07) is 11.2. The molecule has 5 aromatic rings. The molecule has 0 amide bonds. The highest BCUT2D eigenvalue weighted by Gasteiger charge is 2.20. The van der Waals surface area contributed by atoms with E-state index in [0.29, 0.717) is 39.2 Å². The van der Waals surface area contributed by atoms with E-state index in [4.69, 9.17) is 9.97 Å². The molecule has 0 atom stereocenters. The Morgan fingerprint density at radius 2 is 1.19 bits per heavy atom. The van der Waals surface area contributed by atoms with Gasteiger partial charge in [0, 0.05) is 56.0 Å². The van der Waals surface area contributed by atoms with Crippen LogP contribution in [0.25, 0.3) is 0 Å². The molecule has 0 aliphatic heterocycles. The number of nitrogens with one attached hydrogen (secondary N) is 2. The van der Waals surface area contributed by atoms with E-state index in [-0.39, 0.29) is 59.2 Å². The number of benzene rings is 2. The highest BCUT2D eigenvalue weighted by molar-refractivity contribution is 7.88. The molecule has 0 saturated carbocycles. The SMILES string of the molecule is CCN(CC)c1ccc(/N=N/c2nc(C)cs2)c(Nc2nc(Nc3cc(N(CC)CC)ccc3/N=N/c3nc(C)c(S(=O)(=O)O)s3)nc(N(CCO)CCO)n2)c1. The summed E-state index contributed by atoms with van der Waals surface area (Å²) < 4.78 is 32.9. The fourth-order valence-corrected chi connectivity index (χ4v) is 7.94. The van der Waals surface area contributed by atoms with Gasteiger partial charge in [-0.15, -0.1) is 31.8 Å². The number of thiazole rings is 2. The molecule has 0 aliphatic rings. The Morgan fingerprint density at radius 3 is 1.61 bits per heavy atom. The van der Waals surface area contributed by atoms with E-state index >= 15 is 0 Å². The summed E-state index contributed by atoms with van der Waals surface area (Å²) in [5.41, 5.74) is 4.59. The van der Waals surface area contributed by atoms with Crippen molar-refractivity contribution in [1.29, 1.82) is 0 Å². The molecule has 19 nitrogen and oxygen atoms in total. The van der Waals surface area contributed by atoms with Gasteiger partial charge in [-0.3, -0.25) is 4.55 Å². The predicted molar refractivity (Wildman–Crippen MR) is 225 cm³/mol. The lowest BCUT2D eigenvalue weighted by atomic mass is 10.2. The monoisotopic (exact) mass is 838 g/mol. The fourth-order valence-electron chi connectivity index (χ4n) is 5.64. The second-order valence-electron chi connectivity index (χ2n) is 12.2. The van der Waals surface area contributed by atoms with E-state index in [1.807, 2.05) is 56.5 Å². The molecule has 57 heavy (non-hydrogen) atoms. The lowest BCUT2D eigenvalue weighted by Crippen LogP contribution is -2.31. The van der Waals surface area contributed by atoms with Crippen LogP contribution in [0.3, 0.4) is 0 Å². The molecule has 304 valence electrons. The Hall–Kier alpha value is -5.26. The van der Waals surface area contributed by atoms with Crippen molar-refractivity contribution >= 4 is 95.0 Å². The van der Waals surface area contributed by atoms with E-state index in [9.17, 15) is 23.2 Å². The molecule has 0 saturated heterocycles. The first kappa shape index (κ1) is 42.9. The average Bonchev–Trinajstić information content (AvgIpc) is 3.79. The van der Waals surface area contributed by atoms with Gasteiger partial charge in [-0.1, -0.05) is 11.3 Å². The van der Waals surface area contributed by atoms with Crippen LogP contribution in [0.2, 0.25) is 0 Å². The number of aryl methyl sites for hydroxylation is 2. The lowest BCUT2D eigenvalue weighted by molar-refractivity contribution is 0.280. The maximum Gasteiger partial charge on any atom is 0.306 e. The second kappa shape index (κ2) is 19.7. The molecule has 0 fully saturated rings. The van der Waals surface area contributed by atoms with Crippen LogP contribution in [0.4, 0.5) is 62.2 Å². The maximum absolute atomic E-state index is 11.8. The van der Waals surface area contributed by atoms with E-state index in [1.54, 1.807) is 11.0 Å². The van der Waals surface area contributed by atoms with Crippen molar-refractivity contribution in [2.75, 3.05) is 77.8 Å². The molecule has 0 spiro atoms. The van der Waals surface area contributed by atoms with E-state index < -0.39 is 10.1 Å². The number of azo groups is 2. The largest absolute Gasteiger partial charge is 0.395 e. The van der Waals surface area contributed by atoms with E-state index in [2.05, 4.69) is 69.7 Å². The highest BCUT2D eigenvalue weighted by atomic mass is 32.3. The molecular formula is C35H46N14O5S3. The van der Waals surface area contributed by atoms with Crippen molar-refractivity contribution in [3.05, 3.63) is 53.2 Å². The number of aliphatic hydroxyl groups is 2. The van der Waals surface area contributed by atoms with Gasteiger partial charge in [0.2, 0.25) is 28.1 Å². The van der Waals surface area contributed by atoms with Crippen molar-refractivity contribution in [3.8, 4) is 0 Å². The number of hydrogen-bond acceptors (Lipinski definition) is 20. The van der Waals surface area contributed by atoms with E-state index in [1.165, 1.54) is 18.3 Å². The lowest BCUT2D eigenvalue weighted by Gasteiger charge is -2.24. The van der Waals surface area contributed by atoms with Crippen LogP contribution in [-0.2, 0) is 10.1 Å². The number of rotatable bonds is 20. The molecule has 3 aromatic heterocycles. The molecule has 0 bridgehead atoms. The third-order valence-electron chi connectivity index (χ3n) is 8.43. The van der Waals surface area contributed by atoms with Crippen molar-refractivity contribution in [3.63, 3.8) is 0 Å². The normalized spacial score (nSPS) is 11.8. The van der Waals surface area contributed by atoms with Crippen molar-refractivity contribution in [2.24, 2.45) is 20.5 Å². The van der Waals surface area contributed by atoms with Crippen LogP contribution < -0.4 is 25.3 Å². The van der Waals surface area contributed by atoms with E-state index in [0.717, 1.165) is 43.2 Å². The molecule has 0 radical (unpaired) electrons. The molecule has 0 unspecified atom stereocenters. The van der Waals surface area contributed by atoms with Gasteiger partial charge in [-0.2, -0.15) is 23.4 Å². The first-order valence-electron chi connectivity index (χ1n) is 18.1. The minimum Gasteiger partial charge on any atom is -0.395 e. The van der Waals surface area contributed by atoms with Gasteiger partial charge in [0.25, 0.3) is 0 Å². The third-order valence-corrected chi connectivity index (χ3v) is 11.8. The van der Waals surface area contributed by atoms with Crippen LogP contribution in [-0.4, -0.2) is 101 Å². The summed E-state index contributed by atoms with van der Waals surface area (Å²) in [7, 11) is -4.48. The maximum atomic E-state index is 11.8. The van der Waals surface area contributed by atoms with Crippen molar-refractivity contribution < 1.29 is 23.2 Å². The summed E-state index contributed by atoms with van der Waals surface area (Å²) in [4.78, 5) is 28.6. The van der Waals surface area contributed by atoms with Gasteiger partial charge in [-0.05, 0) is 77.9 Å². The summed E-state index contributed by atoms with van der Waals surface area (Å²) in [6.45, 7) is 14.4. The van der Waals surface area contributed by atoms with Crippen LogP contribution in [0.15, 0.2) is 66.4 Å². The van der Waals surface area contributed by atoms with Gasteiger partial charge in [0.15, 0.2) is 4.21 Å². The molecule has 22 heteroatoms. The topological polar surface area (TPSA) is 242 Å². The minimum absolute atomic E-state index is 0.0290. The predicted octanol–water partition coefficient (Wildman–Crippen LogP) is 7.45. The molecular weight excluding hydrogens is 793 g/mol. The Bertz CT molecular complexity index is 2290. The molecule has 0 aliphatic carbocycles. The summed E-state index contributed by atoms with van der Waals surface area (Å²) in [5, 5.41) is 46.3. The highest BCUT2D eigenvalue weighted by Crippen LogP contribution is 2.37. The van der Waals surface area contributed by atoms with Gasteiger partial charge < -0.3 is 35.5 Å². The van der Waals surface area contributed by atoms with Crippen LogP contribution in [0, 0.1) is 13.8 Å². The Balaban J connectivity index is 1.62. The zero-order valence-electron chi connectivity index (χ0n) is 32.4. The Kier molecular flexibility index (Phi) is 14.9. The van der Waals surface area contributed by atoms with Gasteiger partial charge in [0.05, 0.1) is 36.0 Å². The van der Waals surface area contributed by atoms with Crippen LogP contribution >= 0.6 is 22.7 Å². The number of aliphatic hydroxyl groups excluding tert-OH is 2. The zero-order chi connectivity index (χ0) is 41.1. The summed E-state index contributed by atoms with van der Waals surface area (Å²) in [6.07, 6.45) is 0. The third kappa shape index (κ3) is 11.2. The van der Waals surface area contributed by atoms with Gasteiger partial charge in [0.1, 0.15) is 11.4 Å². The molecule has 5 N–H and O–H groups in total. The molecule has 5 rings (SSSR count). The van der Waals surface area contributed by atoms with Crippen molar-refractivity contribution in [1.82, 2.24) is 24.9 Å². The number of aromatic nitrogens is 5. The first-order chi connectivity index (χ1) is 27.4. The standard InChI is InChI=1S/C35H46N14O5S3/c1-7-47(8-2)24-11-13-26(43-45-34-36-22(5)21-55-34)28(19-24)38-31-40-32(42-33(41-31)49(15-17-50)16-18-51)39-29-20-25(48(9-3)10-4)12-14-27(29)44-46-35-37-23(6)30(56-35)57(52,53)54/h11-14,19-21,50-51H,7-10,15-18H2,1-6H3,(H,52,53,54)(H2,38,39,40,41,42)/b45-43+,46-44+. The summed E-state index contributed by atoms with van der Waals surface area (Å²) >= 11 is 2.07. The van der Waals surface area contributed by atoms with Crippen LogP contribution in [0.5, 0.6) is 0 Å². The average molecular weight is 839 g/mol. The fraction of sp³-hybridized carbons (Fsp3) is 0.400. The van der Waals surface area contributed by atoms with Crippen molar-refractivity contribution in [2.45, 2.75) is 45.8 Å². The zero-order valence-corrected chi connectivity index (χ0v) is 34.9. The summed E-state index contributed by atoms with van der Waals surface area (Å²) in [5.74, 6) is 0.385. The Labute approximate surface area is 339 Å². The Morgan fingerprint density at radius 1 is 0.684 bits per heavy atom. The minimum atomic E-state index is -4.48. The van der Waals surface area contributed by atoms with Gasteiger partial charge in [-0.25, -0.2) is 9.97 Å². The molecule has 2 aromatic carbocycles. The quantitative estimate of drug-likeness (QED) is 0.0378. The smallest absolute Gasteiger partial charge is 0.306 e. The number of nitrogens with zero attached hydrogens (tertiary/aromatic N) is 12. The number of hydrogen-bond donors (Lipinski definition) is 5. The second-order valence-corrected chi connectivity index (χ2v) is 15.7. The molecule has 3 heterocycles.